The normalized spacial score (nSPS) is 14.6. The van der Waals surface area contributed by atoms with Crippen LogP contribution in [0.1, 0.15) is 30.1 Å². The molecule has 1 aromatic carbocycles. The fraction of sp³-hybridized carbons (Fsp3) is 0.286. The fourth-order valence-electron chi connectivity index (χ4n) is 1.76. The van der Waals surface area contributed by atoms with Gasteiger partial charge in [0, 0.05) is 16.4 Å². The molecule has 2 aromatic rings. The van der Waals surface area contributed by atoms with Crippen LogP contribution in [-0.2, 0) is 0 Å². The van der Waals surface area contributed by atoms with Crippen molar-refractivity contribution in [1.29, 1.82) is 0 Å². The Labute approximate surface area is 136 Å². The van der Waals surface area contributed by atoms with Crippen molar-refractivity contribution in [1.82, 2.24) is 9.97 Å². The maximum Gasteiger partial charge on any atom is 0.136 e. The summed E-state index contributed by atoms with van der Waals surface area (Å²) in [6.07, 6.45) is 2.30. The van der Waals surface area contributed by atoms with E-state index in [-0.39, 0.29) is 0 Å². The topological polar surface area (TPSA) is 25.8 Å². The summed E-state index contributed by atoms with van der Waals surface area (Å²) < 4.78 is 0. The van der Waals surface area contributed by atoms with Crippen LogP contribution < -0.4 is 0 Å². The summed E-state index contributed by atoms with van der Waals surface area (Å²) in [6, 6.07) is 5.54. The Morgan fingerprint density at radius 3 is 2.50 bits per heavy atom. The summed E-state index contributed by atoms with van der Waals surface area (Å²) in [4.78, 5) is 9.98. The van der Waals surface area contributed by atoms with Crippen LogP contribution in [0.25, 0.3) is 0 Å². The van der Waals surface area contributed by atoms with Gasteiger partial charge in [-0.2, -0.15) is 0 Å². The second kappa shape index (κ2) is 5.72. The zero-order chi connectivity index (χ0) is 14.3. The van der Waals surface area contributed by atoms with Crippen LogP contribution in [0.5, 0.6) is 0 Å². The van der Waals surface area contributed by atoms with Crippen molar-refractivity contribution in [2.45, 2.75) is 35.6 Å². The Hall–Kier alpha value is -0.480. The molecule has 104 valence electrons. The molecule has 0 unspecified atom stereocenters. The van der Waals surface area contributed by atoms with Gasteiger partial charge in [0.05, 0.1) is 10.0 Å². The molecule has 0 aliphatic heterocycles. The van der Waals surface area contributed by atoms with Crippen LogP contribution in [0, 0.1) is 6.92 Å². The lowest BCUT2D eigenvalue weighted by atomic mass is 10.3. The minimum atomic E-state index is 0.473. The number of aromatic nitrogens is 2. The van der Waals surface area contributed by atoms with Gasteiger partial charge in [0.1, 0.15) is 16.0 Å². The van der Waals surface area contributed by atoms with E-state index in [1.54, 1.807) is 6.07 Å². The zero-order valence-electron chi connectivity index (χ0n) is 10.7. The molecule has 1 aromatic heterocycles. The van der Waals surface area contributed by atoms with E-state index in [0.717, 1.165) is 34.2 Å². The highest BCUT2D eigenvalue weighted by Crippen LogP contribution is 2.41. The molecule has 0 saturated heterocycles. The first-order valence-corrected chi connectivity index (χ1v) is 8.16. The van der Waals surface area contributed by atoms with Gasteiger partial charge in [0.15, 0.2) is 0 Å². The van der Waals surface area contributed by atoms with Crippen molar-refractivity contribution in [2.24, 2.45) is 0 Å². The molecular formula is C14H11Cl3N2S. The molecule has 3 rings (SSSR count). The Balaban J connectivity index is 1.94. The smallest absolute Gasteiger partial charge is 0.136 e. The Kier molecular flexibility index (Phi) is 4.14. The van der Waals surface area contributed by atoms with Crippen molar-refractivity contribution in [3.05, 3.63) is 44.8 Å². The molecule has 0 atom stereocenters. The van der Waals surface area contributed by atoms with E-state index in [4.69, 9.17) is 34.8 Å². The van der Waals surface area contributed by atoms with Gasteiger partial charge in [0.25, 0.3) is 0 Å². The first kappa shape index (κ1) is 14.5. The monoisotopic (exact) mass is 344 g/mol. The summed E-state index contributed by atoms with van der Waals surface area (Å²) in [5.41, 5.74) is 0.895. The highest BCUT2D eigenvalue weighted by atomic mass is 35.5. The molecule has 0 spiro atoms. The average Bonchev–Trinajstić information content (AvgIpc) is 3.23. The number of rotatable bonds is 3. The lowest BCUT2D eigenvalue weighted by Crippen LogP contribution is -1.98. The molecule has 2 nitrogen and oxygen atoms in total. The predicted octanol–water partition coefficient (Wildman–Crippen LogP) is 5.77. The van der Waals surface area contributed by atoms with E-state index in [9.17, 15) is 0 Å². The second-order valence-corrected chi connectivity index (χ2v) is 6.99. The van der Waals surface area contributed by atoms with Crippen LogP contribution in [0.15, 0.2) is 28.1 Å². The maximum atomic E-state index is 6.20. The Bertz CT molecular complexity index is 672. The fourth-order valence-corrected chi connectivity index (χ4v) is 3.28. The summed E-state index contributed by atoms with van der Waals surface area (Å²) in [6.45, 7) is 1.93. The van der Waals surface area contributed by atoms with Crippen molar-refractivity contribution in [3.8, 4) is 0 Å². The highest BCUT2D eigenvalue weighted by molar-refractivity contribution is 7.99. The standard InChI is InChI=1S/C14H11Cl3N2S/c1-7-12(17)18-13(8-2-3-8)19-14(7)20-9-4-5-10(15)11(16)6-9/h4-6,8H,2-3H2,1H3. The zero-order valence-corrected chi connectivity index (χ0v) is 13.7. The lowest BCUT2D eigenvalue weighted by Gasteiger charge is -2.09. The van der Waals surface area contributed by atoms with E-state index < -0.39 is 0 Å². The van der Waals surface area contributed by atoms with Gasteiger partial charge in [-0.1, -0.05) is 46.6 Å². The maximum absolute atomic E-state index is 6.20. The van der Waals surface area contributed by atoms with Crippen LogP contribution in [0.3, 0.4) is 0 Å². The van der Waals surface area contributed by atoms with Gasteiger partial charge in [-0.25, -0.2) is 9.97 Å². The summed E-state index contributed by atoms with van der Waals surface area (Å²) >= 11 is 19.7. The van der Waals surface area contributed by atoms with Gasteiger partial charge in [-0.05, 0) is 38.0 Å². The third-order valence-corrected chi connectivity index (χ3v) is 5.29. The highest BCUT2D eigenvalue weighted by Gasteiger charge is 2.28. The lowest BCUT2D eigenvalue weighted by molar-refractivity contribution is 0.862. The molecule has 0 radical (unpaired) electrons. The minimum absolute atomic E-state index is 0.473. The molecule has 1 aliphatic rings. The molecule has 0 N–H and O–H groups in total. The summed E-state index contributed by atoms with van der Waals surface area (Å²) in [5.74, 6) is 1.32. The summed E-state index contributed by atoms with van der Waals surface area (Å²) in [7, 11) is 0. The van der Waals surface area contributed by atoms with E-state index in [1.165, 1.54) is 11.8 Å². The third-order valence-electron chi connectivity index (χ3n) is 3.11. The number of hydrogen-bond acceptors (Lipinski definition) is 3. The molecule has 6 heteroatoms. The van der Waals surface area contributed by atoms with Gasteiger partial charge < -0.3 is 0 Å². The molecule has 1 heterocycles. The SMILES string of the molecule is Cc1c(Cl)nc(C2CC2)nc1Sc1ccc(Cl)c(Cl)c1. The van der Waals surface area contributed by atoms with E-state index in [2.05, 4.69) is 9.97 Å². The molecule has 0 bridgehead atoms. The van der Waals surface area contributed by atoms with Crippen LogP contribution in [-0.4, -0.2) is 9.97 Å². The van der Waals surface area contributed by atoms with Crippen molar-refractivity contribution in [2.75, 3.05) is 0 Å². The van der Waals surface area contributed by atoms with Crippen LogP contribution in [0.4, 0.5) is 0 Å². The van der Waals surface area contributed by atoms with Crippen LogP contribution >= 0.6 is 46.6 Å². The number of nitrogens with zero attached hydrogens (tertiary/aromatic N) is 2. The van der Waals surface area contributed by atoms with Crippen molar-refractivity contribution >= 4 is 46.6 Å². The largest absolute Gasteiger partial charge is 0.226 e. The molecule has 1 saturated carbocycles. The quantitative estimate of drug-likeness (QED) is 0.660. The number of halogens is 3. The van der Waals surface area contributed by atoms with Gasteiger partial charge in [-0.3, -0.25) is 0 Å². The van der Waals surface area contributed by atoms with Crippen LogP contribution in [0.2, 0.25) is 15.2 Å². The molecule has 1 fully saturated rings. The van der Waals surface area contributed by atoms with E-state index >= 15 is 0 Å². The predicted molar refractivity (Wildman–Crippen MR) is 84.3 cm³/mol. The average molecular weight is 346 g/mol. The molecule has 0 amide bonds. The van der Waals surface area contributed by atoms with Crippen molar-refractivity contribution in [3.63, 3.8) is 0 Å². The first-order valence-electron chi connectivity index (χ1n) is 6.21. The number of hydrogen-bond donors (Lipinski definition) is 0. The van der Waals surface area contributed by atoms with E-state index in [1.807, 2.05) is 19.1 Å². The van der Waals surface area contributed by atoms with Crippen molar-refractivity contribution < 1.29 is 0 Å². The molecule has 20 heavy (non-hydrogen) atoms. The Morgan fingerprint density at radius 1 is 1.10 bits per heavy atom. The Morgan fingerprint density at radius 2 is 1.85 bits per heavy atom. The second-order valence-electron chi connectivity index (χ2n) is 4.76. The van der Waals surface area contributed by atoms with Gasteiger partial charge in [-0.15, -0.1) is 0 Å². The third kappa shape index (κ3) is 3.06. The molecular weight excluding hydrogens is 335 g/mol. The van der Waals surface area contributed by atoms with Gasteiger partial charge >= 0.3 is 0 Å². The summed E-state index contributed by atoms with van der Waals surface area (Å²) in [5, 5.41) is 2.50. The molecule has 1 aliphatic carbocycles. The van der Waals surface area contributed by atoms with E-state index in [0.29, 0.717) is 21.1 Å². The van der Waals surface area contributed by atoms with Gasteiger partial charge in [0.2, 0.25) is 0 Å². The number of benzene rings is 1. The minimum Gasteiger partial charge on any atom is -0.226 e. The first-order chi connectivity index (χ1) is 9.54.